The van der Waals surface area contributed by atoms with Crippen molar-refractivity contribution in [2.45, 2.75) is 24.9 Å². The Morgan fingerprint density at radius 2 is 1.77 bits per heavy atom. The zero-order valence-electron chi connectivity index (χ0n) is 12.3. The quantitative estimate of drug-likeness (QED) is 0.671. The topological polar surface area (TPSA) is 74.6 Å². The lowest BCUT2D eigenvalue weighted by molar-refractivity contribution is 0.219. The van der Waals surface area contributed by atoms with Crippen molar-refractivity contribution >= 4 is 29.0 Å². The Morgan fingerprint density at radius 3 is 2.32 bits per heavy atom. The highest BCUT2D eigenvalue weighted by Gasteiger charge is 2.30. The third-order valence-corrected chi connectivity index (χ3v) is 7.83. The van der Waals surface area contributed by atoms with E-state index in [0.29, 0.717) is 4.88 Å². The van der Waals surface area contributed by atoms with Gasteiger partial charge in [0.15, 0.2) is 0 Å². The molecule has 0 saturated carbocycles. The van der Waals surface area contributed by atoms with E-state index < -0.39 is 17.6 Å². The maximum absolute atomic E-state index is 12.6. The Kier molecular flexibility index (Phi) is 5.63. The molecule has 0 aliphatic carbocycles. The smallest absolute Gasteiger partial charge is 0.309 e. The lowest BCUT2D eigenvalue weighted by atomic mass is 10.5. The molecule has 0 saturated heterocycles. The molecule has 22 heavy (non-hydrogen) atoms. The van der Waals surface area contributed by atoms with Gasteiger partial charge in [-0.05, 0) is 37.4 Å². The number of aromatic nitrogens is 1. The fourth-order valence-corrected chi connectivity index (χ4v) is 6.80. The summed E-state index contributed by atoms with van der Waals surface area (Å²) in [6, 6.07) is 4.78. The van der Waals surface area contributed by atoms with Crippen LogP contribution in [0.4, 0.5) is 0 Å². The van der Waals surface area contributed by atoms with E-state index in [-0.39, 0.29) is 24.3 Å². The fraction of sp³-hybridized carbons (Fsp3) is 0.385. The van der Waals surface area contributed by atoms with Crippen LogP contribution in [-0.2, 0) is 29.8 Å². The second kappa shape index (κ2) is 7.10. The van der Waals surface area contributed by atoms with Gasteiger partial charge < -0.3 is 9.05 Å². The zero-order valence-corrected chi connectivity index (χ0v) is 14.9. The predicted octanol–water partition coefficient (Wildman–Crippen LogP) is 3.55. The third kappa shape index (κ3) is 3.70. The predicted molar refractivity (Wildman–Crippen MR) is 85.9 cm³/mol. The highest BCUT2D eigenvalue weighted by molar-refractivity contribution is 7.90. The van der Waals surface area contributed by atoms with Crippen molar-refractivity contribution in [2.75, 3.05) is 13.2 Å². The molecular weight excluding hydrogens is 345 g/mol. The molecule has 0 radical (unpaired) electrons. The van der Waals surface area contributed by atoms with Crippen LogP contribution in [0.5, 0.6) is 0 Å². The SMILES string of the molecule is CCOP(=O)(Cc1sccc1S(=O)(=O)n1cccc1)OCC. The first-order valence-corrected chi connectivity index (χ1v) is 10.8. The van der Waals surface area contributed by atoms with Crippen LogP contribution in [0.2, 0.25) is 0 Å². The summed E-state index contributed by atoms with van der Waals surface area (Å²) in [6.07, 6.45) is 2.87. The number of hydrogen-bond acceptors (Lipinski definition) is 6. The molecule has 0 unspecified atom stereocenters. The van der Waals surface area contributed by atoms with Gasteiger partial charge in [-0.25, -0.2) is 12.4 Å². The van der Waals surface area contributed by atoms with Crippen molar-refractivity contribution in [3.8, 4) is 0 Å². The molecule has 2 aromatic rings. The van der Waals surface area contributed by atoms with Gasteiger partial charge in [0.05, 0.1) is 19.4 Å². The summed E-state index contributed by atoms with van der Waals surface area (Å²) < 4.78 is 49.4. The first-order chi connectivity index (χ1) is 10.4. The van der Waals surface area contributed by atoms with Crippen molar-refractivity contribution in [3.05, 3.63) is 40.8 Å². The number of nitrogens with zero attached hydrogens (tertiary/aromatic N) is 1. The van der Waals surface area contributed by atoms with Crippen LogP contribution >= 0.6 is 18.9 Å². The van der Waals surface area contributed by atoms with Crippen molar-refractivity contribution < 1.29 is 22.0 Å². The van der Waals surface area contributed by atoms with Crippen molar-refractivity contribution in [3.63, 3.8) is 0 Å². The molecule has 0 atom stereocenters. The molecule has 0 amide bonds. The minimum Gasteiger partial charge on any atom is -0.309 e. The van der Waals surface area contributed by atoms with Crippen molar-refractivity contribution in [1.29, 1.82) is 0 Å². The van der Waals surface area contributed by atoms with Crippen LogP contribution in [0.3, 0.4) is 0 Å². The lowest BCUT2D eigenvalue weighted by Crippen LogP contribution is -2.12. The Morgan fingerprint density at radius 1 is 1.18 bits per heavy atom. The molecule has 122 valence electrons. The molecule has 0 bridgehead atoms. The Labute approximate surface area is 134 Å². The Balaban J connectivity index is 2.36. The van der Waals surface area contributed by atoms with E-state index in [4.69, 9.17) is 9.05 Å². The van der Waals surface area contributed by atoms with Gasteiger partial charge in [-0.2, -0.15) is 0 Å². The first kappa shape index (κ1) is 17.4. The van der Waals surface area contributed by atoms with Crippen molar-refractivity contribution in [1.82, 2.24) is 3.97 Å². The summed E-state index contributed by atoms with van der Waals surface area (Å²) in [6.45, 7) is 3.92. The fourth-order valence-electron chi connectivity index (χ4n) is 1.96. The van der Waals surface area contributed by atoms with Gasteiger partial charge in [-0.1, -0.05) is 0 Å². The van der Waals surface area contributed by atoms with Crippen LogP contribution in [0.15, 0.2) is 40.9 Å². The minimum atomic E-state index is -3.69. The third-order valence-electron chi connectivity index (χ3n) is 2.83. The van der Waals surface area contributed by atoms with E-state index >= 15 is 0 Å². The molecule has 0 aromatic carbocycles. The second-order valence-electron chi connectivity index (χ2n) is 4.33. The first-order valence-electron chi connectivity index (χ1n) is 6.76. The van der Waals surface area contributed by atoms with Crippen LogP contribution < -0.4 is 0 Å². The summed E-state index contributed by atoms with van der Waals surface area (Å²) in [5.41, 5.74) is 0. The van der Waals surface area contributed by atoms with E-state index in [0.717, 1.165) is 3.97 Å². The normalized spacial score (nSPS) is 12.6. The Hall–Kier alpha value is -0.920. The number of thiophene rings is 1. The van der Waals surface area contributed by atoms with Crippen LogP contribution in [-0.4, -0.2) is 25.6 Å². The molecule has 2 heterocycles. The molecule has 9 heteroatoms. The van der Waals surface area contributed by atoms with Crippen LogP contribution in [0, 0.1) is 0 Å². The van der Waals surface area contributed by atoms with Gasteiger partial charge in [0, 0.05) is 17.3 Å². The van der Waals surface area contributed by atoms with Gasteiger partial charge >= 0.3 is 7.60 Å². The molecule has 0 aliphatic rings. The standard InChI is InChI=1S/C13H18NO5PS2/c1-3-18-20(15,19-4-2)11-12-13(7-10-21-12)22(16,17)14-8-5-6-9-14/h5-10H,3-4,11H2,1-2H3. The number of hydrogen-bond donors (Lipinski definition) is 0. The maximum atomic E-state index is 12.6. The van der Waals surface area contributed by atoms with Crippen LogP contribution in [0.1, 0.15) is 18.7 Å². The van der Waals surface area contributed by atoms with Gasteiger partial charge in [-0.15, -0.1) is 11.3 Å². The summed E-state index contributed by atoms with van der Waals surface area (Å²) in [4.78, 5) is 0.604. The van der Waals surface area contributed by atoms with Crippen molar-refractivity contribution in [2.24, 2.45) is 0 Å². The molecule has 0 spiro atoms. The van der Waals surface area contributed by atoms with Crippen LogP contribution in [0.25, 0.3) is 0 Å². The average Bonchev–Trinajstić information content (AvgIpc) is 3.09. The van der Waals surface area contributed by atoms with E-state index in [1.54, 1.807) is 31.4 Å². The molecule has 0 fully saturated rings. The average molecular weight is 363 g/mol. The molecule has 0 N–H and O–H groups in total. The molecule has 2 rings (SSSR count). The molecular formula is C13H18NO5PS2. The maximum Gasteiger partial charge on any atom is 0.335 e. The van der Waals surface area contributed by atoms with Gasteiger partial charge in [0.25, 0.3) is 10.0 Å². The van der Waals surface area contributed by atoms with E-state index in [1.165, 1.54) is 29.8 Å². The monoisotopic (exact) mass is 363 g/mol. The van der Waals surface area contributed by atoms with Gasteiger partial charge in [0.1, 0.15) is 4.90 Å². The lowest BCUT2D eigenvalue weighted by Gasteiger charge is -2.17. The minimum absolute atomic E-state index is 0.0534. The summed E-state index contributed by atoms with van der Waals surface area (Å²) >= 11 is 1.23. The highest BCUT2D eigenvalue weighted by atomic mass is 32.2. The van der Waals surface area contributed by atoms with E-state index in [9.17, 15) is 13.0 Å². The number of rotatable bonds is 8. The van der Waals surface area contributed by atoms with Gasteiger partial charge in [0.2, 0.25) is 0 Å². The molecule has 0 aliphatic heterocycles. The Bertz CT molecular complexity index is 741. The molecule has 6 nitrogen and oxygen atoms in total. The van der Waals surface area contributed by atoms with E-state index in [2.05, 4.69) is 0 Å². The summed E-state index contributed by atoms with van der Waals surface area (Å²) in [7, 11) is -7.04. The zero-order chi connectivity index (χ0) is 16.2. The second-order valence-corrected chi connectivity index (χ2v) is 9.20. The summed E-state index contributed by atoms with van der Waals surface area (Å²) in [5.74, 6) is 0. The summed E-state index contributed by atoms with van der Waals surface area (Å²) in [5, 5.41) is 1.66. The highest BCUT2D eigenvalue weighted by Crippen LogP contribution is 2.52. The largest absolute Gasteiger partial charge is 0.335 e. The van der Waals surface area contributed by atoms with Gasteiger partial charge in [-0.3, -0.25) is 4.57 Å². The van der Waals surface area contributed by atoms with E-state index in [1.807, 2.05) is 0 Å². The molecule has 2 aromatic heterocycles.